The van der Waals surface area contributed by atoms with Crippen molar-refractivity contribution in [2.75, 3.05) is 0 Å². The van der Waals surface area contributed by atoms with Crippen LogP contribution in [0.2, 0.25) is 0 Å². The van der Waals surface area contributed by atoms with E-state index in [4.69, 9.17) is 0 Å². The lowest BCUT2D eigenvalue weighted by Crippen LogP contribution is -1.94. The molecule has 0 atom stereocenters. The molecule has 2 nitrogen and oxygen atoms in total. The van der Waals surface area contributed by atoms with Gasteiger partial charge in [0.15, 0.2) is 0 Å². The highest BCUT2D eigenvalue weighted by Gasteiger charge is 1.93. The minimum atomic E-state index is 0.989. The molecule has 0 unspecified atom stereocenters. The average molecular weight is 150 g/mol. The molecule has 2 heteroatoms. The molecule has 0 bridgehead atoms. The predicted octanol–water partition coefficient (Wildman–Crippen LogP) is 2.33. The first-order valence-corrected chi connectivity index (χ1v) is 4.06. The van der Waals surface area contributed by atoms with E-state index >= 15 is 0 Å². The van der Waals surface area contributed by atoms with Gasteiger partial charge in [-0.1, -0.05) is 13.0 Å². The van der Waals surface area contributed by atoms with Crippen LogP contribution in [0.15, 0.2) is 18.5 Å². The summed E-state index contributed by atoms with van der Waals surface area (Å²) in [6.07, 6.45) is 9.07. The van der Waals surface area contributed by atoms with Gasteiger partial charge in [-0.05, 0) is 19.4 Å². The summed E-state index contributed by atoms with van der Waals surface area (Å²) in [5, 5.41) is 0. The summed E-state index contributed by atoms with van der Waals surface area (Å²) in [6, 6.07) is 0. The fourth-order valence-electron chi connectivity index (χ4n) is 0.970. The Labute approximate surface area is 67.6 Å². The van der Waals surface area contributed by atoms with Crippen LogP contribution >= 0.6 is 0 Å². The zero-order valence-electron chi connectivity index (χ0n) is 7.12. The number of aryl methyl sites for hydroxylation is 1. The van der Waals surface area contributed by atoms with Crippen molar-refractivity contribution in [3.8, 4) is 0 Å². The molecule has 1 heterocycles. The monoisotopic (exact) mass is 150 g/mol. The van der Waals surface area contributed by atoms with Gasteiger partial charge in [0.05, 0.1) is 0 Å². The fourth-order valence-corrected chi connectivity index (χ4v) is 0.970. The summed E-state index contributed by atoms with van der Waals surface area (Å²) in [5.41, 5.74) is 0. The molecule has 0 saturated carbocycles. The van der Waals surface area contributed by atoms with Crippen LogP contribution < -0.4 is 0 Å². The van der Waals surface area contributed by atoms with Crippen LogP contribution in [0.4, 0.5) is 0 Å². The van der Waals surface area contributed by atoms with Gasteiger partial charge in [0, 0.05) is 18.9 Å². The summed E-state index contributed by atoms with van der Waals surface area (Å²) in [6.45, 7) is 5.23. The maximum absolute atomic E-state index is 4.20. The van der Waals surface area contributed by atoms with Crippen molar-refractivity contribution in [3.05, 3.63) is 24.3 Å². The summed E-state index contributed by atoms with van der Waals surface area (Å²) < 4.78 is 2.12. The van der Waals surface area contributed by atoms with Gasteiger partial charge in [-0.2, -0.15) is 0 Å². The van der Waals surface area contributed by atoms with Crippen LogP contribution in [0.5, 0.6) is 0 Å². The summed E-state index contributed by atoms with van der Waals surface area (Å²) in [5.74, 6) is 1.05. The predicted molar refractivity (Wildman–Crippen MR) is 47.2 cm³/mol. The van der Waals surface area contributed by atoms with Gasteiger partial charge in [0.2, 0.25) is 0 Å². The zero-order valence-corrected chi connectivity index (χ0v) is 7.12. The first-order valence-electron chi connectivity index (χ1n) is 4.06. The summed E-state index contributed by atoms with van der Waals surface area (Å²) in [4.78, 5) is 4.20. The maximum Gasteiger partial charge on any atom is 0.132 e. The lowest BCUT2D eigenvalue weighted by atomic mass is 10.4. The number of allylic oxidation sites excluding steroid dienone is 1. The van der Waals surface area contributed by atoms with Gasteiger partial charge in [-0.3, -0.25) is 0 Å². The first kappa shape index (κ1) is 8.05. The lowest BCUT2D eigenvalue weighted by molar-refractivity contribution is 0.752. The van der Waals surface area contributed by atoms with Crippen LogP contribution in [0, 0.1) is 0 Å². The van der Waals surface area contributed by atoms with E-state index in [0.717, 1.165) is 18.8 Å². The quantitative estimate of drug-likeness (QED) is 0.646. The fraction of sp³-hybridized carbons (Fsp3) is 0.444. The normalized spacial score (nSPS) is 11.1. The van der Waals surface area contributed by atoms with E-state index in [9.17, 15) is 0 Å². The number of aromatic nitrogens is 2. The molecule has 0 saturated heterocycles. The molecule has 1 rings (SSSR count). The van der Waals surface area contributed by atoms with Crippen LogP contribution in [-0.2, 0) is 6.54 Å². The van der Waals surface area contributed by atoms with Crippen molar-refractivity contribution in [1.29, 1.82) is 0 Å². The molecular formula is C9H14N2. The molecule has 0 aliphatic heterocycles. The van der Waals surface area contributed by atoms with Crippen molar-refractivity contribution >= 4 is 6.08 Å². The third-order valence-electron chi connectivity index (χ3n) is 1.59. The second-order valence-electron chi connectivity index (χ2n) is 2.38. The van der Waals surface area contributed by atoms with Crippen LogP contribution in [0.3, 0.4) is 0 Å². The van der Waals surface area contributed by atoms with Gasteiger partial charge in [0.25, 0.3) is 0 Å². The molecule has 1 aromatic heterocycles. The standard InChI is InChI=1S/C9H14N2/c1-3-5-6-9-10-7-8-11(9)4-2/h5-8H,3-4H2,1-2H3/b6-5-. The van der Waals surface area contributed by atoms with Crippen molar-refractivity contribution in [2.45, 2.75) is 26.8 Å². The number of imidazole rings is 1. The molecule has 11 heavy (non-hydrogen) atoms. The Morgan fingerprint density at radius 1 is 1.55 bits per heavy atom. The third-order valence-corrected chi connectivity index (χ3v) is 1.59. The number of nitrogens with zero attached hydrogens (tertiary/aromatic N) is 2. The number of rotatable bonds is 3. The van der Waals surface area contributed by atoms with Crippen molar-refractivity contribution in [2.24, 2.45) is 0 Å². The molecule has 0 aliphatic carbocycles. The molecule has 0 spiro atoms. The molecule has 0 aromatic carbocycles. The SMILES string of the molecule is CC/C=C\c1nccn1CC. The van der Waals surface area contributed by atoms with Crippen LogP contribution in [0.25, 0.3) is 6.08 Å². The van der Waals surface area contributed by atoms with Crippen molar-refractivity contribution in [3.63, 3.8) is 0 Å². The minimum Gasteiger partial charge on any atom is -0.332 e. The lowest BCUT2D eigenvalue weighted by Gasteiger charge is -1.97. The number of hydrogen-bond donors (Lipinski definition) is 0. The zero-order chi connectivity index (χ0) is 8.10. The topological polar surface area (TPSA) is 17.8 Å². The largest absolute Gasteiger partial charge is 0.332 e. The molecule has 0 aliphatic rings. The maximum atomic E-state index is 4.20. The van der Waals surface area contributed by atoms with Gasteiger partial charge in [0.1, 0.15) is 5.82 Å². The van der Waals surface area contributed by atoms with E-state index in [2.05, 4.69) is 35.6 Å². The molecule has 0 radical (unpaired) electrons. The molecule has 60 valence electrons. The molecular weight excluding hydrogens is 136 g/mol. The Morgan fingerprint density at radius 2 is 2.36 bits per heavy atom. The van der Waals surface area contributed by atoms with Gasteiger partial charge < -0.3 is 4.57 Å². The van der Waals surface area contributed by atoms with E-state index in [1.54, 1.807) is 0 Å². The Morgan fingerprint density at radius 3 is 3.00 bits per heavy atom. The molecule has 0 amide bonds. The van der Waals surface area contributed by atoms with E-state index in [1.165, 1.54) is 0 Å². The van der Waals surface area contributed by atoms with E-state index in [-0.39, 0.29) is 0 Å². The highest BCUT2D eigenvalue weighted by molar-refractivity contribution is 5.39. The third kappa shape index (κ3) is 1.93. The summed E-state index contributed by atoms with van der Waals surface area (Å²) >= 11 is 0. The molecule has 1 aromatic rings. The van der Waals surface area contributed by atoms with Crippen molar-refractivity contribution in [1.82, 2.24) is 9.55 Å². The Balaban J connectivity index is 2.76. The summed E-state index contributed by atoms with van der Waals surface area (Å²) in [7, 11) is 0. The molecule has 0 fully saturated rings. The second-order valence-corrected chi connectivity index (χ2v) is 2.38. The Bertz CT molecular complexity index is 235. The highest BCUT2D eigenvalue weighted by Crippen LogP contribution is 2.00. The highest BCUT2D eigenvalue weighted by atomic mass is 15.0. The Kier molecular flexibility index (Phi) is 2.90. The van der Waals surface area contributed by atoms with Crippen LogP contribution in [-0.4, -0.2) is 9.55 Å². The first-order chi connectivity index (χ1) is 5.38. The van der Waals surface area contributed by atoms with Crippen LogP contribution in [0.1, 0.15) is 26.1 Å². The van der Waals surface area contributed by atoms with Gasteiger partial charge in [-0.15, -0.1) is 0 Å². The van der Waals surface area contributed by atoms with E-state index in [0.29, 0.717) is 0 Å². The van der Waals surface area contributed by atoms with E-state index in [1.807, 2.05) is 12.4 Å². The second kappa shape index (κ2) is 3.96. The van der Waals surface area contributed by atoms with Gasteiger partial charge in [-0.25, -0.2) is 4.98 Å². The Hall–Kier alpha value is -1.05. The smallest absolute Gasteiger partial charge is 0.132 e. The van der Waals surface area contributed by atoms with Gasteiger partial charge >= 0.3 is 0 Å². The molecule has 0 N–H and O–H groups in total. The average Bonchev–Trinajstić information content (AvgIpc) is 2.47. The number of hydrogen-bond acceptors (Lipinski definition) is 1. The van der Waals surface area contributed by atoms with Crippen molar-refractivity contribution < 1.29 is 0 Å². The van der Waals surface area contributed by atoms with E-state index < -0.39 is 0 Å². The minimum absolute atomic E-state index is 0.989.